The molecule has 0 aliphatic heterocycles. The average Bonchev–Trinajstić information content (AvgIpc) is 2.59. The lowest BCUT2D eigenvalue weighted by Gasteiger charge is -2.07. The minimum atomic E-state index is -4.42. The zero-order valence-corrected chi connectivity index (χ0v) is 14.4. The fourth-order valence-corrected chi connectivity index (χ4v) is 2.75. The minimum Gasteiger partial charge on any atom is -0.504 e. The average molecular weight is 400 g/mol. The Kier molecular flexibility index (Phi) is 4.93. The highest BCUT2D eigenvalue weighted by atomic mass is 35.5. The summed E-state index contributed by atoms with van der Waals surface area (Å²) >= 11 is 11.9. The molecule has 0 aliphatic rings. The molecule has 3 rings (SSSR count). The molecule has 0 bridgehead atoms. The minimum absolute atomic E-state index is 0.0552. The van der Waals surface area contributed by atoms with Crippen molar-refractivity contribution in [3.8, 4) is 5.75 Å². The molecule has 3 aromatic rings. The van der Waals surface area contributed by atoms with Crippen molar-refractivity contribution < 1.29 is 18.3 Å². The van der Waals surface area contributed by atoms with E-state index in [1.165, 1.54) is 24.4 Å². The molecule has 0 saturated heterocycles. The highest BCUT2D eigenvalue weighted by Crippen LogP contribution is 2.36. The lowest BCUT2D eigenvalue weighted by atomic mass is 10.1. The molecule has 0 saturated carbocycles. The van der Waals surface area contributed by atoms with Gasteiger partial charge in [0.1, 0.15) is 11.3 Å². The topological polar surface area (TPSA) is 57.5 Å². The van der Waals surface area contributed by atoms with Gasteiger partial charge in [-0.2, -0.15) is 18.3 Å². The third-order valence-corrected chi connectivity index (χ3v) is 4.06. The summed E-state index contributed by atoms with van der Waals surface area (Å²) in [6.45, 7) is 0. The predicted molar refractivity (Wildman–Crippen MR) is 96.1 cm³/mol. The van der Waals surface area contributed by atoms with Crippen molar-refractivity contribution in [1.82, 2.24) is 4.98 Å². The van der Waals surface area contributed by atoms with Crippen molar-refractivity contribution in [1.29, 1.82) is 0 Å². The van der Waals surface area contributed by atoms with Crippen LogP contribution in [0, 0.1) is 0 Å². The van der Waals surface area contributed by atoms with Gasteiger partial charge in [-0.15, -0.1) is 0 Å². The number of nitrogens with one attached hydrogen (secondary N) is 1. The first-order chi connectivity index (χ1) is 12.3. The molecule has 4 nitrogen and oxygen atoms in total. The molecule has 1 heterocycles. The molecule has 1 aromatic heterocycles. The predicted octanol–water partition coefficient (Wildman–Crippen LogP) is 5.71. The number of aromatic hydroxyl groups is 1. The number of benzene rings is 2. The Morgan fingerprint density at radius 3 is 2.58 bits per heavy atom. The molecule has 0 fully saturated rings. The summed E-state index contributed by atoms with van der Waals surface area (Å²) in [6, 6.07) is 9.31. The van der Waals surface area contributed by atoms with Crippen LogP contribution in [0.25, 0.3) is 10.9 Å². The maximum absolute atomic E-state index is 12.7. The quantitative estimate of drug-likeness (QED) is 0.437. The highest BCUT2D eigenvalue weighted by Gasteiger charge is 2.30. The number of phenolic OH excluding ortho intramolecular Hbond substituents is 1. The first-order valence-electron chi connectivity index (χ1n) is 7.20. The number of hydrogen-bond donors (Lipinski definition) is 2. The lowest BCUT2D eigenvalue weighted by molar-refractivity contribution is -0.137. The summed E-state index contributed by atoms with van der Waals surface area (Å²) in [7, 11) is 0. The molecular weight excluding hydrogens is 390 g/mol. The summed E-state index contributed by atoms with van der Waals surface area (Å²) in [5.74, 6) is 0.0333. The molecule has 0 spiro atoms. The van der Waals surface area contributed by atoms with Crippen LogP contribution in [0.2, 0.25) is 10.0 Å². The van der Waals surface area contributed by atoms with Gasteiger partial charge in [0.2, 0.25) is 0 Å². The number of nitrogens with zero attached hydrogens (tertiary/aromatic N) is 2. The number of rotatable bonds is 3. The van der Waals surface area contributed by atoms with Gasteiger partial charge in [0, 0.05) is 5.39 Å². The molecule has 0 aliphatic carbocycles. The van der Waals surface area contributed by atoms with E-state index in [2.05, 4.69) is 15.5 Å². The number of alkyl halides is 3. The standard InChI is InChI=1S/C17H10Cl2F3N3O/c18-12-7-13(19)16(26)15-11(12)4-5-14(24-15)25-23-8-9-2-1-3-10(6-9)17(20,21)22/h1-8,26H,(H,24,25). The van der Waals surface area contributed by atoms with Crippen molar-refractivity contribution in [2.24, 2.45) is 5.10 Å². The molecule has 0 radical (unpaired) electrons. The fraction of sp³-hybridized carbons (Fsp3) is 0.0588. The van der Waals surface area contributed by atoms with E-state index in [1.54, 1.807) is 12.1 Å². The van der Waals surface area contributed by atoms with Gasteiger partial charge < -0.3 is 5.11 Å². The lowest BCUT2D eigenvalue weighted by Crippen LogP contribution is -2.05. The Labute approximate surface area is 155 Å². The van der Waals surface area contributed by atoms with E-state index in [9.17, 15) is 18.3 Å². The van der Waals surface area contributed by atoms with Crippen LogP contribution in [0.1, 0.15) is 11.1 Å². The number of hydrogen-bond acceptors (Lipinski definition) is 4. The van der Waals surface area contributed by atoms with Gasteiger partial charge in [0.15, 0.2) is 5.75 Å². The van der Waals surface area contributed by atoms with Crippen molar-refractivity contribution in [2.75, 3.05) is 5.43 Å². The SMILES string of the molecule is Oc1c(Cl)cc(Cl)c2ccc(NN=Cc3cccc(C(F)(F)F)c3)nc12. The van der Waals surface area contributed by atoms with Gasteiger partial charge >= 0.3 is 6.18 Å². The van der Waals surface area contributed by atoms with Gasteiger partial charge in [0.25, 0.3) is 0 Å². The third-order valence-electron chi connectivity index (χ3n) is 3.46. The maximum Gasteiger partial charge on any atom is 0.416 e. The summed E-state index contributed by atoms with van der Waals surface area (Å²) in [5.41, 5.74) is 2.27. The van der Waals surface area contributed by atoms with Gasteiger partial charge in [-0.1, -0.05) is 35.3 Å². The van der Waals surface area contributed by atoms with Crippen molar-refractivity contribution in [2.45, 2.75) is 6.18 Å². The van der Waals surface area contributed by atoms with Crippen molar-refractivity contribution in [3.63, 3.8) is 0 Å². The third kappa shape index (κ3) is 3.84. The number of phenols is 1. The molecule has 26 heavy (non-hydrogen) atoms. The number of pyridine rings is 1. The van der Waals surface area contributed by atoms with Gasteiger partial charge in [-0.05, 0) is 35.9 Å². The first kappa shape index (κ1) is 18.3. The Hall–Kier alpha value is -2.51. The number of hydrazone groups is 1. The summed E-state index contributed by atoms with van der Waals surface area (Å²) in [6.07, 6.45) is -3.20. The highest BCUT2D eigenvalue weighted by molar-refractivity contribution is 6.39. The number of anilines is 1. The molecule has 0 unspecified atom stereocenters. The Bertz CT molecular complexity index is 1010. The Morgan fingerprint density at radius 1 is 1.08 bits per heavy atom. The van der Waals surface area contributed by atoms with Crippen LogP contribution < -0.4 is 5.43 Å². The van der Waals surface area contributed by atoms with Crippen LogP contribution >= 0.6 is 23.2 Å². The maximum atomic E-state index is 12.7. The van der Waals surface area contributed by atoms with E-state index in [-0.39, 0.29) is 27.7 Å². The molecule has 0 atom stereocenters. The van der Waals surface area contributed by atoms with E-state index >= 15 is 0 Å². The van der Waals surface area contributed by atoms with Crippen LogP contribution in [0.5, 0.6) is 5.75 Å². The van der Waals surface area contributed by atoms with E-state index in [4.69, 9.17) is 23.2 Å². The number of aromatic nitrogens is 1. The summed E-state index contributed by atoms with van der Waals surface area (Å²) in [4.78, 5) is 4.16. The molecule has 134 valence electrons. The second-order valence-electron chi connectivity index (χ2n) is 5.27. The molecule has 2 N–H and O–H groups in total. The summed E-state index contributed by atoms with van der Waals surface area (Å²) in [5, 5.41) is 14.7. The Balaban J connectivity index is 1.84. The van der Waals surface area contributed by atoms with Crippen LogP contribution in [-0.2, 0) is 6.18 Å². The second-order valence-corrected chi connectivity index (χ2v) is 6.09. The van der Waals surface area contributed by atoms with Gasteiger partial charge in [0.05, 0.1) is 21.8 Å². The Morgan fingerprint density at radius 2 is 1.85 bits per heavy atom. The zero-order chi connectivity index (χ0) is 18.9. The number of fused-ring (bicyclic) bond motifs is 1. The van der Waals surface area contributed by atoms with Crippen LogP contribution in [0.3, 0.4) is 0 Å². The fourth-order valence-electron chi connectivity index (χ4n) is 2.23. The van der Waals surface area contributed by atoms with E-state index in [0.717, 1.165) is 12.1 Å². The van der Waals surface area contributed by atoms with Gasteiger partial charge in [-0.25, -0.2) is 4.98 Å². The normalized spacial score (nSPS) is 12.0. The zero-order valence-electron chi connectivity index (χ0n) is 12.9. The molecule has 2 aromatic carbocycles. The smallest absolute Gasteiger partial charge is 0.416 e. The van der Waals surface area contributed by atoms with Crippen LogP contribution in [-0.4, -0.2) is 16.3 Å². The monoisotopic (exact) mass is 399 g/mol. The second kappa shape index (κ2) is 7.01. The van der Waals surface area contributed by atoms with E-state index < -0.39 is 11.7 Å². The van der Waals surface area contributed by atoms with E-state index in [1.807, 2.05) is 0 Å². The van der Waals surface area contributed by atoms with Crippen molar-refractivity contribution in [3.05, 3.63) is 63.6 Å². The largest absolute Gasteiger partial charge is 0.504 e. The van der Waals surface area contributed by atoms with E-state index in [0.29, 0.717) is 10.4 Å². The summed E-state index contributed by atoms with van der Waals surface area (Å²) < 4.78 is 38.1. The first-order valence-corrected chi connectivity index (χ1v) is 7.95. The number of halogens is 5. The molecule has 9 heteroatoms. The van der Waals surface area contributed by atoms with Crippen molar-refractivity contribution >= 4 is 46.1 Å². The molecular formula is C17H10Cl2F3N3O. The van der Waals surface area contributed by atoms with Gasteiger partial charge in [-0.3, -0.25) is 5.43 Å². The van der Waals surface area contributed by atoms with Crippen LogP contribution in [0.15, 0.2) is 47.6 Å². The molecule has 0 amide bonds. The van der Waals surface area contributed by atoms with Crippen LogP contribution in [0.4, 0.5) is 19.0 Å².